The molecule has 1 aliphatic carbocycles. The van der Waals surface area contributed by atoms with Crippen LogP contribution < -0.4 is 10.2 Å². The lowest BCUT2D eigenvalue weighted by Gasteiger charge is -2.54. The summed E-state index contributed by atoms with van der Waals surface area (Å²) in [6, 6.07) is 14.2. The number of hydrogen-bond donors (Lipinski definition) is 2. The Hall–Kier alpha value is -3.42. The summed E-state index contributed by atoms with van der Waals surface area (Å²) in [7, 11) is -2.15. The van der Waals surface area contributed by atoms with Gasteiger partial charge < -0.3 is 34.8 Å². The largest absolute Gasteiger partial charge is 0.465 e. The van der Waals surface area contributed by atoms with Gasteiger partial charge in [0.2, 0.25) is 0 Å². The Labute approximate surface area is 294 Å². The first-order valence-corrected chi connectivity index (χ1v) is 19.7. The number of carbonyl (C=O) groups excluding carboxylic acids is 1. The minimum Gasteiger partial charge on any atom is -0.465 e. The van der Waals surface area contributed by atoms with Gasteiger partial charge >= 0.3 is 12.2 Å². The van der Waals surface area contributed by atoms with E-state index in [0.717, 1.165) is 101 Å². The van der Waals surface area contributed by atoms with E-state index in [2.05, 4.69) is 26.1 Å². The summed E-state index contributed by atoms with van der Waals surface area (Å²) in [6.07, 6.45) is 4.65. The van der Waals surface area contributed by atoms with Crippen LogP contribution in [0.2, 0.25) is 0 Å². The first-order valence-electron chi connectivity index (χ1n) is 18.2. The van der Waals surface area contributed by atoms with Gasteiger partial charge in [-0.15, -0.1) is 0 Å². The number of amides is 2. The van der Waals surface area contributed by atoms with Crippen molar-refractivity contribution < 1.29 is 32.2 Å². The second kappa shape index (κ2) is 14.3. The van der Waals surface area contributed by atoms with Crippen molar-refractivity contribution in [3.05, 3.63) is 59.9 Å². The van der Waals surface area contributed by atoms with Gasteiger partial charge in [-0.3, -0.25) is 0 Å². The number of benzene rings is 2. The fraction of sp³-hybridized carbons (Fsp3) is 0.622. The van der Waals surface area contributed by atoms with Crippen LogP contribution in [-0.4, -0.2) is 124 Å². The van der Waals surface area contributed by atoms with Crippen LogP contribution in [0, 0.1) is 23.6 Å². The summed E-state index contributed by atoms with van der Waals surface area (Å²) >= 11 is 0. The van der Waals surface area contributed by atoms with E-state index in [0.29, 0.717) is 11.8 Å². The maximum atomic E-state index is 14.9. The first-order chi connectivity index (χ1) is 24.1. The second-order valence-corrected chi connectivity index (χ2v) is 17.4. The molecule has 4 saturated heterocycles. The maximum Gasteiger partial charge on any atom is 0.407 e. The topological polar surface area (TPSA) is 123 Å². The first kappa shape index (κ1) is 35.0. The summed E-state index contributed by atoms with van der Waals surface area (Å²) in [4.78, 5) is 32.2. The fourth-order valence-corrected chi connectivity index (χ4v) is 11.1. The number of piperidine rings is 1. The molecule has 2 amide bonds. The van der Waals surface area contributed by atoms with Crippen LogP contribution in [0.4, 0.5) is 19.7 Å². The molecule has 0 aromatic heterocycles. The summed E-state index contributed by atoms with van der Waals surface area (Å²) in [5.41, 5.74) is 1.78. The zero-order chi connectivity index (χ0) is 35.0. The lowest BCUT2D eigenvalue weighted by Crippen LogP contribution is -2.60. The highest BCUT2D eigenvalue weighted by molar-refractivity contribution is 7.92. The second-order valence-electron chi connectivity index (χ2n) is 15.2. The Morgan fingerprint density at radius 3 is 2.28 bits per heavy atom. The number of rotatable bonds is 11. The van der Waals surface area contributed by atoms with Crippen LogP contribution in [0.15, 0.2) is 53.4 Å². The van der Waals surface area contributed by atoms with Crippen LogP contribution in [0.5, 0.6) is 0 Å². The van der Waals surface area contributed by atoms with E-state index in [1.165, 1.54) is 19.6 Å². The molecular formula is C37H50FN5O6S. The van der Waals surface area contributed by atoms with Crippen molar-refractivity contribution in [2.75, 3.05) is 77.5 Å². The summed E-state index contributed by atoms with van der Waals surface area (Å²) in [5.74, 6) is 0.852. The predicted octanol–water partition coefficient (Wildman–Crippen LogP) is 4.28. The SMILES string of the molecule is COC(=O)N[C@H]1CCC[C@@H]1C(CN1CCC1)(c1cccc(F)c1)C1CCN(CC2CN(c3ccc(S(=O)(=O)C4CN(C(=O)O)C4)cc3)C2)CC1. The highest BCUT2D eigenvalue weighted by Gasteiger charge is 2.53. The molecule has 2 N–H and O–H groups in total. The molecule has 0 bridgehead atoms. The third kappa shape index (κ3) is 6.80. The van der Waals surface area contributed by atoms with E-state index < -0.39 is 27.3 Å². The number of hydrogen-bond acceptors (Lipinski definition) is 8. The number of anilines is 1. The van der Waals surface area contributed by atoms with Gasteiger partial charge in [0, 0.05) is 62.3 Å². The number of sulfone groups is 1. The average molecular weight is 712 g/mol. The molecule has 4 heterocycles. The number of carboxylic acid groups (broad SMARTS) is 1. The molecular weight excluding hydrogens is 662 g/mol. The molecule has 1 saturated carbocycles. The van der Waals surface area contributed by atoms with Gasteiger partial charge in [-0.2, -0.15) is 0 Å². The predicted molar refractivity (Wildman–Crippen MR) is 188 cm³/mol. The van der Waals surface area contributed by atoms with Crippen molar-refractivity contribution in [1.82, 2.24) is 20.0 Å². The van der Waals surface area contributed by atoms with E-state index in [-0.39, 0.29) is 41.2 Å². The van der Waals surface area contributed by atoms with E-state index in [4.69, 9.17) is 9.84 Å². The van der Waals surface area contributed by atoms with Gasteiger partial charge in [-0.25, -0.2) is 22.4 Å². The molecule has 11 nitrogen and oxygen atoms in total. The normalized spacial score (nSPS) is 25.3. The number of nitrogens with one attached hydrogen (secondary N) is 1. The van der Waals surface area contributed by atoms with Crippen molar-refractivity contribution >= 4 is 27.7 Å². The molecule has 7 rings (SSSR count). The summed E-state index contributed by atoms with van der Waals surface area (Å²) in [5, 5.41) is 11.5. The Balaban J connectivity index is 0.989. The van der Waals surface area contributed by atoms with Crippen LogP contribution >= 0.6 is 0 Å². The maximum absolute atomic E-state index is 14.9. The van der Waals surface area contributed by atoms with Gasteiger partial charge in [-0.05, 0) is 112 Å². The Morgan fingerprint density at radius 2 is 1.66 bits per heavy atom. The lowest BCUT2D eigenvalue weighted by atomic mass is 9.57. The van der Waals surface area contributed by atoms with E-state index in [1.807, 2.05) is 18.2 Å². The molecule has 0 spiro atoms. The Kier molecular flexibility index (Phi) is 10.0. The minimum absolute atomic E-state index is 0.0133. The molecule has 13 heteroatoms. The fourth-order valence-electron chi connectivity index (χ4n) is 9.46. The number of alkyl carbamates (subject to hydrolysis) is 1. The Morgan fingerprint density at radius 1 is 0.940 bits per heavy atom. The van der Waals surface area contributed by atoms with Gasteiger partial charge in [0.1, 0.15) is 11.1 Å². The van der Waals surface area contributed by atoms with Gasteiger partial charge in [-0.1, -0.05) is 18.6 Å². The number of ether oxygens (including phenoxy) is 1. The van der Waals surface area contributed by atoms with E-state index >= 15 is 0 Å². The molecule has 4 aliphatic heterocycles. The highest BCUT2D eigenvalue weighted by Crippen LogP contribution is 2.51. The number of likely N-dealkylation sites (tertiary alicyclic amines) is 3. The average Bonchev–Trinajstić information content (AvgIpc) is 3.50. The van der Waals surface area contributed by atoms with Crippen LogP contribution in [0.25, 0.3) is 0 Å². The van der Waals surface area contributed by atoms with Crippen LogP contribution in [0.3, 0.4) is 0 Å². The molecule has 2 aromatic rings. The molecule has 5 aliphatic rings. The third-order valence-electron chi connectivity index (χ3n) is 12.3. The highest BCUT2D eigenvalue weighted by atomic mass is 32.2. The van der Waals surface area contributed by atoms with Crippen molar-refractivity contribution in [3.63, 3.8) is 0 Å². The molecule has 5 fully saturated rings. The smallest absolute Gasteiger partial charge is 0.407 e. The quantitative estimate of drug-likeness (QED) is 0.352. The van der Waals surface area contributed by atoms with Crippen LogP contribution in [-0.2, 0) is 20.0 Å². The standard InChI is InChI=1S/C37H50FN5O6S/c1-49-35(44)39-34-8-3-7-33(34)37(25-41-15-4-16-41,28-5-2-6-29(38)19-28)27-13-17-40(18-14-27)20-26-21-42(22-26)30-9-11-31(12-10-30)50(47,48)32-23-43(24-32)36(45)46/h2,5-6,9-12,19,26-27,32-34H,3-4,7-8,13-18,20-25H2,1H3,(H,39,44)(H,45,46)/t33-,34-,37?/m0/s1. The molecule has 2 aromatic carbocycles. The van der Waals surface area contributed by atoms with Gasteiger partial charge in [0.15, 0.2) is 9.84 Å². The van der Waals surface area contributed by atoms with E-state index in [9.17, 15) is 22.4 Å². The monoisotopic (exact) mass is 711 g/mol. The summed E-state index contributed by atoms with van der Waals surface area (Å²) in [6.45, 7) is 7.81. The zero-order valence-electron chi connectivity index (χ0n) is 28.9. The molecule has 3 atom stereocenters. The molecule has 0 radical (unpaired) electrons. The van der Waals surface area contributed by atoms with Crippen molar-refractivity contribution in [1.29, 1.82) is 0 Å². The molecule has 272 valence electrons. The molecule has 1 unspecified atom stereocenters. The van der Waals surface area contributed by atoms with Crippen molar-refractivity contribution in [2.45, 2.75) is 60.1 Å². The Bertz CT molecular complexity index is 1640. The lowest BCUT2D eigenvalue weighted by molar-refractivity contribution is 0.0223. The molecule has 50 heavy (non-hydrogen) atoms. The van der Waals surface area contributed by atoms with Crippen LogP contribution in [0.1, 0.15) is 44.1 Å². The minimum atomic E-state index is -3.56. The van der Waals surface area contributed by atoms with Crippen molar-refractivity contribution in [2.24, 2.45) is 17.8 Å². The summed E-state index contributed by atoms with van der Waals surface area (Å²) < 4.78 is 45.9. The van der Waals surface area contributed by atoms with Gasteiger partial charge in [0.25, 0.3) is 0 Å². The van der Waals surface area contributed by atoms with Gasteiger partial charge in [0.05, 0.1) is 12.0 Å². The number of nitrogens with zero attached hydrogens (tertiary/aromatic N) is 4. The number of halogens is 1. The zero-order valence-corrected chi connectivity index (χ0v) is 29.7. The third-order valence-corrected chi connectivity index (χ3v) is 14.4. The number of carbonyl (C=O) groups is 2. The van der Waals surface area contributed by atoms with E-state index in [1.54, 1.807) is 18.2 Å². The van der Waals surface area contributed by atoms with Crippen molar-refractivity contribution in [3.8, 4) is 0 Å². The number of methoxy groups -OCH3 is 1.